The molecule has 0 saturated carbocycles. The smallest absolute Gasteiger partial charge is 0.287 e. The van der Waals surface area contributed by atoms with Crippen LogP contribution in [0.5, 0.6) is 0 Å². The molecule has 2 amide bonds. The lowest BCUT2D eigenvalue weighted by molar-refractivity contribution is -0.123. The molecule has 0 aliphatic rings. The van der Waals surface area contributed by atoms with Gasteiger partial charge in [0.15, 0.2) is 5.76 Å². The van der Waals surface area contributed by atoms with E-state index in [0.717, 1.165) is 5.69 Å². The van der Waals surface area contributed by atoms with Crippen molar-refractivity contribution in [1.29, 1.82) is 0 Å². The number of carbonyl (C=O) groups excluding carboxylic acids is 2. The van der Waals surface area contributed by atoms with Gasteiger partial charge in [0, 0.05) is 24.9 Å². The summed E-state index contributed by atoms with van der Waals surface area (Å²) in [5.74, 6) is -0.454. The van der Waals surface area contributed by atoms with Gasteiger partial charge in [-0.15, -0.1) is 0 Å². The largest absolute Gasteiger partial charge is 0.459 e. The fourth-order valence-corrected chi connectivity index (χ4v) is 2.12. The Balaban J connectivity index is 1.87. The second-order valence-corrected chi connectivity index (χ2v) is 5.53. The first kappa shape index (κ1) is 16.7. The van der Waals surface area contributed by atoms with Crippen molar-refractivity contribution >= 4 is 11.8 Å². The van der Waals surface area contributed by atoms with Crippen LogP contribution in [-0.4, -0.2) is 29.4 Å². The summed E-state index contributed by atoms with van der Waals surface area (Å²) in [6.07, 6.45) is 3.79. The molecule has 23 heavy (non-hydrogen) atoms. The average molecular weight is 315 g/mol. The quantitative estimate of drug-likeness (QED) is 0.816. The highest BCUT2D eigenvalue weighted by Crippen LogP contribution is 2.06. The van der Waals surface area contributed by atoms with Crippen LogP contribution in [-0.2, 0) is 11.2 Å². The molecule has 0 aliphatic heterocycles. The van der Waals surface area contributed by atoms with E-state index in [1.54, 1.807) is 18.3 Å². The molecule has 2 N–H and O–H groups in total. The Morgan fingerprint density at radius 2 is 2.04 bits per heavy atom. The molecule has 0 unspecified atom stereocenters. The predicted molar refractivity (Wildman–Crippen MR) is 85.8 cm³/mol. The zero-order valence-electron chi connectivity index (χ0n) is 13.3. The van der Waals surface area contributed by atoms with Crippen LogP contribution in [0.25, 0.3) is 0 Å². The van der Waals surface area contributed by atoms with Crippen LogP contribution in [0, 0.1) is 5.92 Å². The normalized spacial score (nSPS) is 12.0. The van der Waals surface area contributed by atoms with Crippen molar-refractivity contribution in [1.82, 2.24) is 15.6 Å². The molecule has 2 heterocycles. The third-order valence-corrected chi connectivity index (χ3v) is 3.39. The molecule has 6 nitrogen and oxygen atoms in total. The molecular weight excluding hydrogens is 294 g/mol. The standard InChI is InChI=1S/C17H21N3O3/c1-12(2)15(20-16(21)14-7-5-11-23-14)17(22)19-10-8-13-6-3-4-9-18-13/h3-7,9,11-12,15H,8,10H2,1-2H3,(H,19,22)(H,20,21)/t15-/m1/s1. The van der Waals surface area contributed by atoms with Crippen molar-refractivity contribution < 1.29 is 14.0 Å². The molecule has 2 rings (SSSR count). The second-order valence-electron chi connectivity index (χ2n) is 5.53. The molecule has 1 atom stereocenters. The van der Waals surface area contributed by atoms with Crippen LogP contribution < -0.4 is 10.6 Å². The van der Waals surface area contributed by atoms with E-state index in [4.69, 9.17) is 4.42 Å². The van der Waals surface area contributed by atoms with Crippen LogP contribution in [0.1, 0.15) is 30.1 Å². The zero-order valence-corrected chi connectivity index (χ0v) is 13.3. The molecule has 122 valence electrons. The van der Waals surface area contributed by atoms with Gasteiger partial charge in [-0.1, -0.05) is 19.9 Å². The minimum atomic E-state index is -0.615. The van der Waals surface area contributed by atoms with Crippen LogP contribution >= 0.6 is 0 Å². The lowest BCUT2D eigenvalue weighted by Crippen LogP contribution is -2.50. The van der Waals surface area contributed by atoms with E-state index in [1.165, 1.54) is 6.26 Å². The van der Waals surface area contributed by atoms with Gasteiger partial charge < -0.3 is 15.1 Å². The number of nitrogens with zero attached hydrogens (tertiary/aromatic N) is 1. The fraction of sp³-hybridized carbons (Fsp3) is 0.353. The summed E-state index contributed by atoms with van der Waals surface area (Å²) >= 11 is 0. The summed E-state index contributed by atoms with van der Waals surface area (Å²) < 4.78 is 5.04. The van der Waals surface area contributed by atoms with Crippen LogP contribution in [0.2, 0.25) is 0 Å². The molecule has 0 bridgehead atoms. The van der Waals surface area contributed by atoms with Gasteiger partial charge in [-0.3, -0.25) is 14.6 Å². The van der Waals surface area contributed by atoms with E-state index in [-0.39, 0.29) is 17.6 Å². The minimum Gasteiger partial charge on any atom is -0.459 e. The summed E-state index contributed by atoms with van der Waals surface area (Å²) in [7, 11) is 0. The predicted octanol–water partition coefficient (Wildman–Crippen LogP) is 1.79. The van der Waals surface area contributed by atoms with Crippen molar-refractivity contribution in [2.24, 2.45) is 5.92 Å². The van der Waals surface area contributed by atoms with E-state index in [0.29, 0.717) is 13.0 Å². The van der Waals surface area contributed by atoms with Crippen LogP contribution in [0.4, 0.5) is 0 Å². The number of nitrogens with one attached hydrogen (secondary N) is 2. The summed E-state index contributed by atoms with van der Waals surface area (Å²) in [4.78, 5) is 28.5. The average Bonchev–Trinajstić information content (AvgIpc) is 3.07. The first-order valence-electron chi connectivity index (χ1n) is 7.60. The first-order chi connectivity index (χ1) is 11.1. The molecule has 0 aromatic carbocycles. The first-order valence-corrected chi connectivity index (χ1v) is 7.60. The molecule has 0 radical (unpaired) electrons. The van der Waals surface area contributed by atoms with Crippen molar-refractivity contribution in [3.8, 4) is 0 Å². The van der Waals surface area contributed by atoms with Gasteiger partial charge in [0.1, 0.15) is 6.04 Å². The number of pyridine rings is 1. The van der Waals surface area contributed by atoms with Crippen molar-refractivity contribution in [2.75, 3.05) is 6.54 Å². The van der Waals surface area contributed by atoms with Crippen molar-refractivity contribution in [3.63, 3.8) is 0 Å². The molecule has 0 spiro atoms. The number of rotatable bonds is 7. The van der Waals surface area contributed by atoms with Gasteiger partial charge in [-0.05, 0) is 30.2 Å². The lowest BCUT2D eigenvalue weighted by Gasteiger charge is -2.21. The third-order valence-electron chi connectivity index (χ3n) is 3.39. The second kappa shape index (κ2) is 8.12. The summed E-state index contributed by atoms with van der Waals surface area (Å²) in [5, 5.41) is 5.55. The number of hydrogen-bond acceptors (Lipinski definition) is 4. The summed E-state index contributed by atoms with van der Waals surface area (Å²) in [6.45, 7) is 4.23. The van der Waals surface area contributed by atoms with E-state index in [9.17, 15) is 9.59 Å². The third kappa shape index (κ3) is 4.95. The number of furan rings is 1. The van der Waals surface area contributed by atoms with Crippen LogP contribution in [0.3, 0.4) is 0 Å². The van der Waals surface area contributed by atoms with Gasteiger partial charge in [0.05, 0.1) is 6.26 Å². The monoisotopic (exact) mass is 315 g/mol. The highest BCUT2D eigenvalue weighted by atomic mass is 16.3. The van der Waals surface area contributed by atoms with E-state index >= 15 is 0 Å². The van der Waals surface area contributed by atoms with Crippen molar-refractivity contribution in [3.05, 3.63) is 54.2 Å². The Bertz CT molecular complexity index is 624. The van der Waals surface area contributed by atoms with Gasteiger partial charge >= 0.3 is 0 Å². The Kier molecular flexibility index (Phi) is 5.91. The number of aromatic nitrogens is 1. The zero-order chi connectivity index (χ0) is 16.7. The van der Waals surface area contributed by atoms with Gasteiger partial charge in [-0.2, -0.15) is 0 Å². The minimum absolute atomic E-state index is 0.0382. The number of amides is 2. The van der Waals surface area contributed by atoms with Gasteiger partial charge in [0.25, 0.3) is 5.91 Å². The van der Waals surface area contributed by atoms with E-state index < -0.39 is 11.9 Å². The Hall–Kier alpha value is -2.63. The Morgan fingerprint density at radius 3 is 2.65 bits per heavy atom. The Labute approximate surface area is 135 Å². The summed E-state index contributed by atoms with van der Waals surface area (Å²) in [6, 6.07) is 8.24. The number of carbonyl (C=O) groups is 2. The topological polar surface area (TPSA) is 84.2 Å². The highest BCUT2D eigenvalue weighted by molar-refractivity contribution is 5.95. The maximum absolute atomic E-state index is 12.3. The van der Waals surface area contributed by atoms with Gasteiger partial charge in [-0.25, -0.2) is 0 Å². The Morgan fingerprint density at radius 1 is 1.22 bits per heavy atom. The van der Waals surface area contributed by atoms with Gasteiger partial charge in [0.2, 0.25) is 5.91 Å². The molecule has 2 aromatic heterocycles. The molecular formula is C17H21N3O3. The van der Waals surface area contributed by atoms with Crippen molar-refractivity contribution in [2.45, 2.75) is 26.3 Å². The number of hydrogen-bond donors (Lipinski definition) is 2. The summed E-state index contributed by atoms with van der Waals surface area (Å²) in [5.41, 5.74) is 0.911. The highest BCUT2D eigenvalue weighted by Gasteiger charge is 2.25. The molecule has 0 aliphatic carbocycles. The molecule has 0 saturated heterocycles. The SMILES string of the molecule is CC(C)[C@@H](NC(=O)c1ccco1)C(=O)NCCc1ccccn1. The van der Waals surface area contributed by atoms with Crippen LogP contribution in [0.15, 0.2) is 47.2 Å². The van der Waals surface area contributed by atoms with E-state index in [1.807, 2.05) is 32.0 Å². The lowest BCUT2D eigenvalue weighted by atomic mass is 10.0. The molecule has 2 aromatic rings. The molecule has 0 fully saturated rings. The fourth-order valence-electron chi connectivity index (χ4n) is 2.12. The maximum atomic E-state index is 12.3. The molecule has 6 heteroatoms. The van der Waals surface area contributed by atoms with E-state index in [2.05, 4.69) is 15.6 Å². The maximum Gasteiger partial charge on any atom is 0.287 e.